The lowest BCUT2D eigenvalue weighted by Crippen LogP contribution is -2.29. The Morgan fingerprint density at radius 1 is 1.28 bits per heavy atom. The molecule has 2 aromatic heterocycles. The van der Waals surface area contributed by atoms with Gasteiger partial charge < -0.3 is 10.2 Å². The highest BCUT2D eigenvalue weighted by atomic mass is 35.5. The summed E-state index contributed by atoms with van der Waals surface area (Å²) in [5.41, 5.74) is 2.69. The van der Waals surface area contributed by atoms with Gasteiger partial charge in [0, 0.05) is 67.5 Å². The summed E-state index contributed by atoms with van der Waals surface area (Å²) in [5, 5.41) is 7.52. The van der Waals surface area contributed by atoms with Crippen LogP contribution < -0.4 is 5.32 Å². The number of likely N-dealkylation sites (tertiary alicyclic amines) is 1. The Balaban J connectivity index is 1.52. The maximum atomic E-state index is 13.2. The number of halogens is 1. The van der Waals surface area contributed by atoms with E-state index in [4.69, 9.17) is 11.6 Å². The van der Waals surface area contributed by atoms with Crippen LogP contribution in [0.4, 0.5) is 5.69 Å². The van der Waals surface area contributed by atoms with Crippen LogP contribution in [-0.4, -0.2) is 49.6 Å². The van der Waals surface area contributed by atoms with Crippen molar-refractivity contribution in [2.24, 2.45) is 13.0 Å². The molecule has 0 bridgehead atoms. The van der Waals surface area contributed by atoms with E-state index in [1.807, 2.05) is 18.1 Å². The molecule has 0 radical (unpaired) electrons. The number of nitrogens with zero attached hydrogens (tertiary/aromatic N) is 5. The largest absolute Gasteiger partial charge is 0.338 e. The fraction of sp³-hybridized carbons (Fsp3) is 0.261. The van der Waals surface area contributed by atoms with E-state index in [-0.39, 0.29) is 11.8 Å². The van der Waals surface area contributed by atoms with E-state index in [1.54, 1.807) is 41.5 Å². The number of anilines is 1. The highest BCUT2D eigenvalue weighted by Crippen LogP contribution is 2.30. The van der Waals surface area contributed by atoms with Gasteiger partial charge in [0.25, 0.3) is 5.91 Å². The molecule has 0 saturated carbocycles. The average Bonchev–Trinajstić information content (AvgIpc) is 3.44. The van der Waals surface area contributed by atoms with Gasteiger partial charge in [0.05, 0.1) is 11.2 Å². The number of carbonyl (C=O) groups excluding carboxylic acids is 2. The summed E-state index contributed by atoms with van der Waals surface area (Å²) in [6.45, 7) is 4.81. The van der Waals surface area contributed by atoms with Crippen LogP contribution in [0.2, 0.25) is 5.02 Å². The summed E-state index contributed by atoms with van der Waals surface area (Å²) in [5.74, 6) is 0.663. The summed E-state index contributed by atoms with van der Waals surface area (Å²) in [7, 11) is 1.81. The topological polar surface area (TPSA) is 93.0 Å². The third-order valence-corrected chi connectivity index (χ3v) is 5.64. The highest BCUT2D eigenvalue weighted by molar-refractivity contribution is 6.30. The fourth-order valence-electron chi connectivity index (χ4n) is 3.84. The Hall–Kier alpha value is -3.52. The second-order valence-electron chi connectivity index (χ2n) is 7.78. The van der Waals surface area contributed by atoms with Crippen LogP contribution in [0, 0.1) is 5.92 Å². The summed E-state index contributed by atoms with van der Waals surface area (Å²) in [4.78, 5) is 35.5. The number of aryl methyl sites for hydroxylation is 1. The van der Waals surface area contributed by atoms with E-state index in [1.165, 1.54) is 6.08 Å². The standard InChI is InChI=1S/C23H23ClN6O2/c1-3-22(31)28-20-5-4-16(9-19(20)17-10-27-29(2)14-17)23(32)30-7-6-15(13-30)8-21-25-11-18(24)12-26-21/h3-5,9-12,14-15H,1,6-8,13H2,2H3,(H,28,31)/t15-/m0/s1. The fourth-order valence-corrected chi connectivity index (χ4v) is 3.94. The Morgan fingerprint density at radius 2 is 2.06 bits per heavy atom. The van der Waals surface area contributed by atoms with Crippen LogP contribution >= 0.6 is 11.6 Å². The number of benzene rings is 1. The van der Waals surface area contributed by atoms with Crippen LogP contribution in [0.25, 0.3) is 11.1 Å². The first-order valence-electron chi connectivity index (χ1n) is 10.2. The number of amides is 2. The molecular weight excluding hydrogens is 428 g/mol. The van der Waals surface area contributed by atoms with Crippen molar-refractivity contribution in [3.8, 4) is 11.1 Å². The van der Waals surface area contributed by atoms with Crippen LogP contribution in [0.1, 0.15) is 22.6 Å². The second-order valence-corrected chi connectivity index (χ2v) is 8.22. The molecule has 1 atom stereocenters. The van der Waals surface area contributed by atoms with Crippen molar-refractivity contribution in [2.45, 2.75) is 12.8 Å². The molecular formula is C23H23ClN6O2. The maximum absolute atomic E-state index is 13.2. The van der Waals surface area contributed by atoms with Crippen LogP contribution in [0.3, 0.4) is 0 Å². The van der Waals surface area contributed by atoms with Gasteiger partial charge in [0.15, 0.2) is 0 Å². The minimum atomic E-state index is -0.319. The van der Waals surface area contributed by atoms with E-state index >= 15 is 0 Å². The lowest BCUT2D eigenvalue weighted by atomic mass is 10.0. The predicted octanol–water partition coefficient (Wildman–Crippen LogP) is 3.36. The summed E-state index contributed by atoms with van der Waals surface area (Å²) >= 11 is 5.86. The molecule has 32 heavy (non-hydrogen) atoms. The number of nitrogens with one attached hydrogen (secondary N) is 1. The van der Waals surface area contributed by atoms with Crippen molar-refractivity contribution in [2.75, 3.05) is 18.4 Å². The van der Waals surface area contributed by atoms with Crippen molar-refractivity contribution in [1.29, 1.82) is 0 Å². The molecule has 2 amide bonds. The van der Waals surface area contributed by atoms with Crippen molar-refractivity contribution >= 4 is 29.1 Å². The number of rotatable bonds is 6. The van der Waals surface area contributed by atoms with E-state index in [0.717, 1.165) is 23.4 Å². The Kier molecular flexibility index (Phi) is 6.32. The van der Waals surface area contributed by atoms with Crippen molar-refractivity contribution < 1.29 is 9.59 Å². The van der Waals surface area contributed by atoms with Gasteiger partial charge in [-0.3, -0.25) is 14.3 Å². The quantitative estimate of drug-likeness (QED) is 0.581. The van der Waals surface area contributed by atoms with Crippen LogP contribution in [0.15, 0.2) is 55.6 Å². The van der Waals surface area contributed by atoms with E-state index in [9.17, 15) is 9.59 Å². The zero-order valence-electron chi connectivity index (χ0n) is 17.7. The molecule has 0 aliphatic carbocycles. The lowest BCUT2D eigenvalue weighted by molar-refractivity contribution is -0.111. The first kappa shape index (κ1) is 21.7. The molecule has 9 heteroatoms. The number of hydrogen-bond donors (Lipinski definition) is 1. The zero-order valence-corrected chi connectivity index (χ0v) is 18.4. The summed E-state index contributed by atoms with van der Waals surface area (Å²) in [6.07, 6.45) is 9.52. The predicted molar refractivity (Wildman–Crippen MR) is 122 cm³/mol. The van der Waals surface area contributed by atoms with E-state index in [0.29, 0.717) is 41.7 Å². The highest BCUT2D eigenvalue weighted by Gasteiger charge is 2.28. The molecule has 1 saturated heterocycles. The molecule has 1 aliphatic heterocycles. The Morgan fingerprint density at radius 3 is 2.75 bits per heavy atom. The van der Waals surface area contributed by atoms with Crippen molar-refractivity contribution in [3.05, 3.63) is 72.1 Å². The monoisotopic (exact) mass is 450 g/mol. The third-order valence-electron chi connectivity index (χ3n) is 5.44. The first-order valence-corrected chi connectivity index (χ1v) is 10.6. The normalized spacial score (nSPS) is 15.6. The van der Waals surface area contributed by atoms with Gasteiger partial charge in [-0.15, -0.1) is 0 Å². The maximum Gasteiger partial charge on any atom is 0.253 e. The van der Waals surface area contributed by atoms with Crippen LogP contribution in [0.5, 0.6) is 0 Å². The Bertz CT molecular complexity index is 1160. The molecule has 4 rings (SSSR count). The van der Waals surface area contributed by atoms with Gasteiger partial charge in [-0.05, 0) is 36.6 Å². The molecule has 3 aromatic rings. The second kappa shape index (κ2) is 9.32. The molecule has 0 spiro atoms. The Labute approximate surface area is 190 Å². The van der Waals surface area contributed by atoms with Gasteiger partial charge in [0.1, 0.15) is 5.82 Å². The smallest absolute Gasteiger partial charge is 0.253 e. The van der Waals surface area contributed by atoms with Gasteiger partial charge >= 0.3 is 0 Å². The molecule has 3 heterocycles. The van der Waals surface area contributed by atoms with Gasteiger partial charge in [0.2, 0.25) is 5.91 Å². The number of hydrogen-bond acceptors (Lipinski definition) is 5. The minimum absolute atomic E-state index is 0.0451. The van der Waals surface area contributed by atoms with Gasteiger partial charge in [-0.2, -0.15) is 5.10 Å². The molecule has 1 aromatic carbocycles. The SMILES string of the molecule is C=CC(=O)Nc1ccc(C(=O)N2CC[C@@H](Cc3ncc(Cl)cn3)C2)cc1-c1cnn(C)c1. The van der Waals surface area contributed by atoms with Crippen molar-refractivity contribution in [3.63, 3.8) is 0 Å². The van der Waals surface area contributed by atoms with Crippen molar-refractivity contribution in [1.82, 2.24) is 24.6 Å². The van der Waals surface area contributed by atoms with Crippen LogP contribution in [-0.2, 0) is 18.3 Å². The first-order chi connectivity index (χ1) is 15.4. The summed E-state index contributed by atoms with van der Waals surface area (Å²) < 4.78 is 1.67. The van der Waals surface area contributed by atoms with E-state index < -0.39 is 0 Å². The van der Waals surface area contributed by atoms with Gasteiger partial charge in [-0.1, -0.05) is 18.2 Å². The molecule has 1 fully saturated rings. The van der Waals surface area contributed by atoms with E-state index in [2.05, 4.69) is 27.0 Å². The minimum Gasteiger partial charge on any atom is -0.338 e. The molecule has 1 aliphatic rings. The lowest BCUT2D eigenvalue weighted by Gasteiger charge is -2.18. The average molecular weight is 451 g/mol. The number of carbonyl (C=O) groups is 2. The zero-order chi connectivity index (χ0) is 22.7. The molecule has 164 valence electrons. The van der Waals surface area contributed by atoms with Gasteiger partial charge in [-0.25, -0.2) is 9.97 Å². The third kappa shape index (κ3) is 4.86. The number of aromatic nitrogens is 4. The summed E-state index contributed by atoms with van der Waals surface area (Å²) in [6, 6.07) is 5.27. The molecule has 0 unspecified atom stereocenters. The molecule has 8 nitrogen and oxygen atoms in total. The molecule has 1 N–H and O–H groups in total.